The summed E-state index contributed by atoms with van der Waals surface area (Å²) in [5.74, 6) is -0.844. The lowest BCUT2D eigenvalue weighted by atomic mass is 9.69. The molecule has 1 atom stereocenters. The molecular formula is C31H36N8O4. The predicted octanol–water partition coefficient (Wildman–Crippen LogP) is 1.28. The van der Waals surface area contributed by atoms with Crippen molar-refractivity contribution in [1.29, 1.82) is 5.26 Å². The van der Waals surface area contributed by atoms with E-state index in [-0.39, 0.29) is 24.2 Å². The average Bonchev–Trinajstić information content (AvgIpc) is 3.60. The van der Waals surface area contributed by atoms with Crippen LogP contribution < -0.4 is 22.5 Å². The number of nitrogens with zero attached hydrogens (tertiary/aromatic N) is 4. The first-order valence-corrected chi connectivity index (χ1v) is 14.5. The van der Waals surface area contributed by atoms with Crippen LogP contribution in [0.1, 0.15) is 87.9 Å². The van der Waals surface area contributed by atoms with Gasteiger partial charge in [-0.3, -0.25) is 19.4 Å². The molecule has 5 rings (SSSR count). The van der Waals surface area contributed by atoms with Gasteiger partial charge < -0.3 is 21.7 Å². The number of hydrogen-bond donors (Lipinski definition) is 4. The van der Waals surface area contributed by atoms with E-state index in [1.165, 1.54) is 4.68 Å². The van der Waals surface area contributed by atoms with E-state index >= 15 is 0 Å². The number of amides is 3. The van der Waals surface area contributed by atoms with Crippen LogP contribution in [0.25, 0.3) is 0 Å². The van der Waals surface area contributed by atoms with Crippen LogP contribution in [0.3, 0.4) is 0 Å². The predicted molar refractivity (Wildman–Crippen MR) is 158 cm³/mol. The van der Waals surface area contributed by atoms with E-state index in [0.29, 0.717) is 55.7 Å². The average molecular weight is 585 g/mol. The van der Waals surface area contributed by atoms with Gasteiger partial charge in [-0.25, -0.2) is 9.48 Å². The second kappa shape index (κ2) is 11.9. The number of H-pyrrole nitrogens is 1. The summed E-state index contributed by atoms with van der Waals surface area (Å²) in [6, 6.07) is 12.2. The second-order valence-corrected chi connectivity index (χ2v) is 11.5. The lowest BCUT2D eigenvalue weighted by molar-refractivity contribution is -0.130. The highest BCUT2D eigenvalue weighted by molar-refractivity contribution is 5.94. The minimum Gasteiger partial charge on any atom is -0.366 e. The van der Waals surface area contributed by atoms with Crippen LogP contribution in [0.2, 0.25) is 0 Å². The van der Waals surface area contributed by atoms with Crippen molar-refractivity contribution in [2.24, 2.45) is 11.5 Å². The fourth-order valence-electron chi connectivity index (χ4n) is 6.45. The Morgan fingerprint density at radius 3 is 2.21 bits per heavy atom. The zero-order valence-corrected chi connectivity index (χ0v) is 24.4. The number of likely N-dealkylation sites (tertiary alicyclic amines) is 1. The molecule has 1 aliphatic heterocycles. The molecule has 1 saturated heterocycles. The highest BCUT2D eigenvalue weighted by Crippen LogP contribution is 2.46. The van der Waals surface area contributed by atoms with E-state index in [0.717, 1.165) is 28.7 Å². The minimum atomic E-state index is -1.02. The van der Waals surface area contributed by atoms with Crippen molar-refractivity contribution in [2.45, 2.75) is 63.5 Å². The molecule has 1 fully saturated rings. The summed E-state index contributed by atoms with van der Waals surface area (Å²) in [6.07, 6.45) is 2.93. The number of fused-ring (bicyclic) bond motifs is 2. The summed E-state index contributed by atoms with van der Waals surface area (Å²) in [4.78, 5) is 55.0. The Balaban J connectivity index is 1.63. The smallest absolute Gasteiger partial charge is 0.343 e. The fourth-order valence-corrected chi connectivity index (χ4v) is 6.45. The summed E-state index contributed by atoms with van der Waals surface area (Å²) in [5, 5.41) is 17.5. The third-order valence-corrected chi connectivity index (χ3v) is 8.57. The number of rotatable bonds is 9. The molecule has 1 unspecified atom stereocenters. The van der Waals surface area contributed by atoms with E-state index in [2.05, 4.69) is 16.4 Å². The van der Waals surface area contributed by atoms with Crippen molar-refractivity contribution in [2.75, 3.05) is 19.6 Å². The molecule has 2 aliphatic rings. The van der Waals surface area contributed by atoms with Crippen LogP contribution in [-0.4, -0.2) is 63.1 Å². The molecule has 1 aromatic heterocycles. The van der Waals surface area contributed by atoms with Gasteiger partial charge in [-0.15, -0.1) is 0 Å². The van der Waals surface area contributed by atoms with Crippen LogP contribution >= 0.6 is 0 Å². The van der Waals surface area contributed by atoms with Gasteiger partial charge in [0.05, 0.1) is 24.1 Å². The summed E-state index contributed by atoms with van der Waals surface area (Å²) in [6.45, 7) is 4.69. The first-order chi connectivity index (χ1) is 20.6. The number of aryl methyl sites for hydroxylation is 2. The number of nitrogens with one attached hydrogen (secondary N) is 2. The number of carbonyl (C=O) groups is 3. The SMILES string of the molecule is CC(C)n1nc(C2(CCNCC(=O)N3CCCC3C#N)c3ccc(C(N)=O)cc3CCc3cc(C(N)=O)ccc32)[nH]c1=O. The van der Waals surface area contributed by atoms with Crippen molar-refractivity contribution in [3.05, 3.63) is 86.1 Å². The normalized spacial score (nSPS) is 17.2. The van der Waals surface area contributed by atoms with Crippen LogP contribution in [0.5, 0.6) is 0 Å². The van der Waals surface area contributed by atoms with Crippen LogP contribution in [0.4, 0.5) is 0 Å². The number of hydrogen-bond acceptors (Lipinski definition) is 7. The van der Waals surface area contributed by atoms with Crippen LogP contribution in [-0.2, 0) is 23.1 Å². The Labute approximate surface area is 249 Å². The number of carbonyl (C=O) groups excluding carboxylic acids is 3. The summed E-state index contributed by atoms with van der Waals surface area (Å²) < 4.78 is 1.39. The molecule has 3 amide bonds. The van der Waals surface area contributed by atoms with E-state index in [4.69, 9.17) is 16.6 Å². The first-order valence-electron chi connectivity index (χ1n) is 14.5. The second-order valence-electron chi connectivity index (χ2n) is 11.5. The molecule has 0 radical (unpaired) electrons. The Hall–Kier alpha value is -4.76. The largest absolute Gasteiger partial charge is 0.366 e. The van der Waals surface area contributed by atoms with Crippen LogP contribution in [0, 0.1) is 11.3 Å². The van der Waals surface area contributed by atoms with Gasteiger partial charge in [-0.1, -0.05) is 12.1 Å². The standard InChI is InChI=1S/C31H36N8O4/c1-18(2)39-30(43)36-29(37-39)31(11-12-35-17-26(40)38-13-3-4-23(38)16-32)24-9-7-21(27(33)41)14-19(24)5-6-20-15-22(28(34)42)8-10-25(20)31/h7-10,14-15,18,23,35H,3-6,11-13,17H2,1-2H3,(H2,33,41)(H2,34,42)(H,36,37,43). The molecule has 12 nitrogen and oxygen atoms in total. The Bertz CT molecular complexity index is 1620. The maximum atomic E-state index is 13.1. The maximum absolute atomic E-state index is 13.1. The van der Waals surface area contributed by atoms with Gasteiger partial charge in [0.15, 0.2) is 0 Å². The number of nitriles is 1. The van der Waals surface area contributed by atoms with Gasteiger partial charge in [0.25, 0.3) is 0 Å². The summed E-state index contributed by atoms with van der Waals surface area (Å²) in [7, 11) is 0. The zero-order chi connectivity index (χ0) is 30.9. The lowest BCUT2D eigenvalue weighted by Crippen LogP contribution is -2.42. The Morgan fingerprint density at radius 1 is 1.09 bits per heavy atom. The number of benzene rings is 2. The van der Waals surface area contributed by atoms with Crippen molar-refractivity contribution >= 4 is 17.7 Å². The third-order valence-electron chi connectivity index (χ3n) is 8.57. The van der Waals surface area contributed by atoms with Gasteiger partial charge in [0.1, 0.15) is 11.9 Å². The number of primary amides is 2. The molecule has 43 heavy (non-hydrogen) atoms. The Morgan fingerprint density at radius 2 is 1.70 bits per heavy atom. The van der Waals surface area contributed by atoms with E-state index < -0.39 is 23.3 Å². The monoisotopic (exact) mass is 584 g/mol. The molecule has 1 aliphatic carbocycles. The molecule has 0 saturated carbocycles. The van der Waals surface area contributed by atoms with Gasteiger partial charge >= 0.3 is 5.69 Å². The van der Waals surface area contributed by atoms with Crippen molar-refractivity contribution < 1.29 is 14.4 Å². The van der Waals surface area contributed by atoms with Gasteiger partial charge in [-0.2, -0.15) is 10.4 Å². The minimum absolute atomic E-state index is 0.0478. The number of aromatic amines is 1. The van der Waals surface area contributed by atoms with E-state index in [1.54, 1.807) is 29.2 Å². The van der Waals surface area contributed by atoms with Crippen LogP contribution in [0.15, 0.2) is 41.2 Å². The number of aromatic nitrogens is 3. The molecule has 2 aromatic carbocycles. The lowest BCUT2D eigenvalue weighted by Gasteiger charge is -2.35. The Kier molecular flexibility index (Phi) is 8.19. The highest BCUT2D eigenvalue weighted by Gasteiger charge is 2.44. The summed E-state index contributed by atoms with van der Waals surface area (Å²) >= 11 is 0. The highest BCUT2D eigenvalue weighted by atomic mass is 16.2. The maximum Gasteiger partial charge on any atom is 0.343 e. The van der Waals surface area contributed by atoms with Crippen molar-refractivity contribution in [3.8, 4) is 6.07 Å². The molecule has 0 spiro atoms. The molecule has 224 valence electrons. The van der Waals surface area contributed by atoms with Gasteiger partial charge in [-0.05, 0) is 99.0 Å². The number of nitrogens with two attached hydrogens (primary N) is 2. The molecule has 2 heterocycles. The molecule has 12 heteroatoms. The van der Waals surface area contributed by atoms with Crippen molar-refractivity contribution in [1.82, 2.24) is 25.0 Å². The molecule has 0 bridgehead atoms. The quantitative estimate of drug-likeness (QED) is 0.272. The third kappa shape index (κ3) is 5.44. The summed E-state index contributed by atoms with van der Waals surface area (Å²) in [5.41, 5.74) is 14.0. The van der Waals surface area contributed by atoms with Crippen molar-refractivity contribution in [3.63, 3.8) is 0 Å². The topological polar surface area (TPSA) is 193 Å². The fraction of sp³-hybridized carbons (Fsp3) is 0.419. The zero-order valence-electron chi connectivity index (χ0n) is 24.4. The molecular weight excluding hydrogens is 548 g/mol. The van der Waals surface area contributed by atoms with Gasteiger partial charge in [0, 0.05) is 17.7 Å². The van der Waals surface area contributed by atoms with E-state index in [1.807, 2.05) is 26.0 Å². The van der Waals surface area contributed by atoms with E-state index in [9.17, 15) is 24.4 Å². The molecule has 3 aromatic rings. The molecule has 6 N–H and O–H groups in total. The van der Waals surface area contributed by atoms with Gasteiger partial charge in [0.2, 0.25) is 17.7 Å². The first kappa shape index (κ1) is 29.7.